The quantitative estimate of drug-likeness (QED) is 0.688. The van der Waals surface area contributed by atoms with E-state index in [1.165, 1.54) is 24.0 Å². The lowest BCUT2D eigenvalue weighted by atomic mass is 9.96. The molecule has 16 heavy (non-hydrogen) atoms. The Morgan fingerprint density at radius 3 is 2.38 bits per heavy atom. The summed E-state index contributed by atoms with van der Waals surface area (Å²) >= 11 is 0. The molecule has 2 rings (SSSR count). The first-order valence-corrected chi connectivity index (χ1v) is 6.40. The Hall–Kier alpha value is -1.11. The number of Topliss-reactive ketones (excluding diaryl/α,β-unsaturated/α-hetero) is 1. The van der Waals surface area contributed by atoms with E-state index in [1.54, 1.807) is 0 Å². The Balaban J connectivity index is 1.88. The molecule has 0 unspecified atom stereocenters. The Bertz CT molecular complexity index is 342. The van der Waals surface area contributed by atoms with Crippen LogP contribution >= 0.6 is 0 Å². The number of unbranched alkanes of at least 4 members (excludes halogenated alkanes) is 2. The molecule has 1 aliphatic carbocycles. The van der Waals surface area contributed by atoms with Crippen LogP contribution in [0.5, 0.6) is 0 Å². The van der Waals surface area contributed by atoms with Crippen LogP contribution in [-0.4, -0.2) is 5.78 Å². The number of fused-ring (bicyclic) bond motifs is 1. The Labute approximate surface area is 97.9 Å². The fourth-order valence-corrected chi connectivity index (χ4v) is 2.54. The Morgan fingerprint density at radius 2 is 1.81 bits per heavy atom. The van der Waals surface area contributed by atoms with Crippen molar-refractivity contribution in [3.05, 3.63) is 35.4 Å². The van der Waals surface area contributed by atoms with Crippen LogP contribution in [0.15, 0.2) is 24.3 Å². The van der Waals surface area contributed by atoms with Gasteiger partial charge in [0.25, 0.3) is 0 Å². The number of hydrogen-bond donors (Lipinski definition) is 0. The van der Waals surface area contributed by atoms with Crippen molar-refractivity contribution in [3.8, 4) is 0 Å². The maximum absolute atomic E-state index is 12.0. The molecule has 0 N–H and O–H groups in total. The lowest BCUT2D eigenvalue weighted by molar-refractivity contribution is -0.122. The minimum absolute atomic E-state index is 0.272. The number of hydrogen-bond acceptors (Lipinski definition) is 1. The summed E-state index contributed by atoms with van der Waals surface area (Å²) in [7, 11) is 0. The van der Waals surface area contributed by atoms with Gasteiger partial charge < -0.3 is 0 Å². The van der Waals surface area contributed by atoms with Crippen molar-refractivity contribution >= 4 is 5.78 Å². The lowest BCUT2D eigenvalue weighted by Crippen LogP contribution is -2.14. The third kappa shape index (κ3) is 2.52. The standard InChI is InChI=1S/C15H20O/c1-2-3-4-9-15(16)14-10-12-7-5-6-8-13(12)11-14/h5-8,14H,2-4,9-11H2,1H3. The predicted octanol–water partition coefficient (Wildman–Crippen LogP) is 3.55. The Kier molecular flexibility index (Phi) is 3.76. The number of carbonyl (C=O) groups is 1. The van der Waals surface area contributed by atoms with Gasteiger partial charge in [-0.3, -0.25) is 4.79 Å². The van der Waals surface area contributed by atoms with Gasteiger partial charge in [0.2, 0.25) is 0 Å². The van der Waals surface area contributed by atoms with Crippen molar-refractivity contribution in [2.45, 2.75) is 45.4 Å². The third-order valence-electron chi connectivity index (χ3n) is 3.53. The largest absolute Gasteiger partial charge is 0.299 e. The number of rotatable bonds is 5. The van der Waals surface area contributed by atoms with E-state index >= 15 is 0 Å². The molecule has 0 fully saturated rings. The highest BCUT2D eigenvalue weighted by atomic mass is 16.1. The number of carbonyl (C=O) groups excluding carboxylic acids is 1. The fraction of sp³-hybridized carbons (Fsp3) is 0.533. The maximum Gasteiger partial charge on any atom is 0.136 e. The van der Waals surface area contributed by atoms with E-state index in [-0.39, 0.29) is 5.92 Å². The van der Waals surface area contributed by atoms with Crippen LogP contribution < -0.4 is 0 Å². The minimum atomic E-state index is 0.272. The van der Waals surface area contributed by atoms with Crippen LogP contribution in [0.2, 0.25) is 0 Å². The number of ketones is 1. The van der Waals surface area contributed by atoms with Gasteiger partial charge in [-0.2, -0.15) is 0 Å². The van der Waals surface area contributed by atoms with Crippen LogP contribution in [-0.2, 0) is 17.6 Å². The maximum atomic E-state index is 12.0. The normalized spacial score (nSPS) is 15.1. The van der Waals surface area contributed by atoms with Crippen molar-refractivity contribution in [1.29, 1.82) is 0 Å². The van der Waals surface area contributed by atoms with E-state index in [4.69, 9.17) is 0 Å². The van der Waals surface area contributed by atoms with E-state index in [0.717, 1.165) is 25.7 Å². The number of benzene rings is 1. The molecule has 0 saturated carbocycles. The van der Waals surface area contributed by atoms with Crippen LogP contribution in [0.3, 0.4) is 0 Å². The van der Waals surface area contributed by atoms with Gasteiger partial charge in [0.05, 0.1) is 0 Å². The first kappa shape index (κ1) is 11.4. The van der Waals surface area contributed by atoms with Crippen molar-refractivity contribution in [1.82, 2.24) is 0 Å². The summed E-state index contributed by atoms with van der Waals surface area (Å²) in [5, 5.41) is 0. The molecule has 0 heterocycles. The van der Waals surface area contributed by atoms with Crippen molar-refractivity contribution in [2.75, 3.05) is 0 Å². The fourth-order valence-electron chi connectivity index (χ4n) is 2.54. The Morgan fingerprint density at radius 1 is 1.19 bits per heavy atom. The molecule has 86 valence electrons. The smallest absolute Gasteiger partial charge is 0.136 e. The molecule has 0 radical (unpaired) electrons. The first-order chi connectivity index (χ1) is 7.81. The summed E-state index contributed by atoms with van der Waals surface area (Å²) in [6.45, 7) is 2.18. The van der Waals surface area contributed by atoms with E-state index in [1.807, 2.05) is 0 Å². The van der Waals surface area contributed by atoms with Gasteiger partial charge in [-0.05, 0) is 30.4 Å². The topological polar surface area (TPSA) is 17.1 Å². The van der Waals surface area contributed by atoms with Gasteiger partial charge in [-0.1, -0.05) is 44.0 Å². The second kappa shape index (κ2) is 5.29. The van der Waals surface area contributed by atoms with Gasteiger partial charge in [0, 0.05) is 12.3 Å². The summed E-state index contributed by atoms with van der Waals surface area (Å²) < 4.78 is 0. The van der Waals surface area contributed by atoms with Gasteiger partial charge in [0.1, 0.15) is 5.78 Å². The second-order valence-corrected chi connectivity index (χ2v) is 4.80. The van der Waals surface area contributed by atoms with Gasteiger partial charge in [-0.15, -0.1) is 0 Å². The van der Waals surface area contributed by atoms with Crippen LogP contribution in [0.4, 0.5) is 0 Å². The first-order valence-electron chi connectivity index (χ1n) is 6.40. The average Bonchev–Trinajstić information content (AvgIpc) is 2.73. The molecule has 0 spiro atoms. The van der Waals surface area contributed by atoms with Gasteiger partial charge >= 0.3 is 0 Å². The predicted molar refractivity (Wildman–Crippen MR) is 66.5 cm³/mol. The summed E-state index contributed by atoms with van der Waals surface area (Å²) in [6, 6.07) is 8.47. The summed E-state index contributed by atoms with van der Waals surface area (Å²) in [4.78, 5) is 12.0. The molecule has 1 nitrogen and oxygen atoms in total. The van der Waals surface area contributed by atoms with E-state index in [9.17, 15) is 4.79 Å². The van der Waals surface area contributed by atoms with E-state index < -0.39 is 0 Å². The van der Waals surface area contributed by atoms with E-state index in [0.29, 0.717) is 5.78 Å². The van der Waals surface area contributed by atoms with Crippen LogP contribution in [0, 0.1) is 5.92 Å². The summed E-state index contributed by atoms with van der Waals surface area (Å²) in [6.07, 6.45) is 6.18. The highest BCUT2D eigenvalue weighted by Crippen LogP contribution is 2.28. The van der Waals surface area contributed by atoms with Crippen molar-refractivity contribution in [3.63, 3.8) is 0 Å². The second-order valence-electron chi connectivity index (χ2n) is 4.80. The average molecular weight is 216 g/mol. The van der Waals surface area contributed by atoms with Crippen molar-refractivity contribution in [2.24, 2.45) is 5.92 Å². The molecular formula is C15H20O. The SMILES string of the molecule is CCCCCC(=O)C1Cc2ccccc2C1. The highest BCUT2D eigenvalue weighted by molar-refractivity contribution is 5.82. The molecular weight excluding hydrogens is 196 g/mol. The summed E-state index contributed by atoms with van der Waals surface area (Å²) in [5.74, 6) is 0.749. The van der Waals surface area contributed by atoms with Gasteiger partial charge in [0.15, 0.2) is 0 Å². The molecule has 0 atom stereocenters. The van der Waals surface area contributed by atoms with Crippen LogP contribution in [0.25, 0.3) is 0 Å². The van der Waals surface area contributed by atoms with Crippen LogP contribution in [0.1, 0.15) is 43.7 Å². The zero-order valence-corrected chi connectivity index (χ0v) is 10.0. The zero-order valence-electron chi connectivity index (χ0n) is 10.0. The molecule has 0 amide bonds. The molecule has 0 saturated heterocycles. The molecule has 0 bridgehead atoms. The summed E-state index contributed by atoms with van der Waals surface area (Å²) in [5.41, 5.74) is 2.77. The molecule has 0 aromatic heterocycles. The van der Waals surface area contributed by atoms with E-state index in [2.05, 4.69) is 31.2 Å². The highest BCUT2D eigenvalue weighted by Gasteiger charge is 2.25. The molecule has 0 aliphatic heterocycles. The molecule has 1 heteroatoms. The van der Waals surface area contributed by atoms with Gasteiger partial charge in [-0.25, -0.2) is 0 Å². The molecule has 1 aromatic rings. The lowest BCUT2D eigenvalue weighted by Gasteiger charge is -2.06. The zero-order chi connectivity index (χ0) is 11.4. The van der Waals surface area contributed by atoms with Crippen molar-refractivity contribution < 1.29 is 4.79 Å². The molecule has 1 aromatic carbocycles. The molecule has 1 aliphatic rings. The third-order valence-corrected chi connectivity index (χ3v) is 3.53. The minimum Gasteiger partial charge on any atom is -0.299 e. The monoisotopic (exact) mass is 216 g/mol.